The van der Waals surface area contributed by atoms with Crippen LogP contribution in [0.15, 0.2) is 22.7 Å². The minimum absolute atomic E-state index is 0.0408. The third-order valence-corrected chi connectivity index (χ3v) is 4.54. The fourth-order valence-corrected chi connectivity index (χ4v) is 2.94. The quantitative estimate of drug-likeness (QED) is 0.518. The van der Waals surface area contributed by atoms with Gasteiger partial charge in [-0.3, -0.25) is 4.79 Å². The highest BCUT2D eigenvalue weighted by Gasteiger charge is 2.25. The molecule has 18 heavy (non-hydrogen) atoms. The lowest BCUT2D eigenvalue weighted by Gasteiger charge is -2.32. The topological polar surface area (TPSA) is 29.5 Å². The summed E-state index contributed by atoms with van der Waals surface area (Å²) in [7, 11) is 0. The van der Waals surface area contributed by atoms with E-state index < -0.39 is 0 Å². The first kappa shape index (κ1) is 14.6. The van der Waals surface area contributed by atoms with Crippen LogP contribution in [0.25, 0.3) is 0 Å². The van der Waals surface area contributed by atoms with Gasteiger partial charge in [-0.2, -0.15) is 0 Å². The number of morpholine rings is 1. The Balaban J connectivity index is 2.17. The van der Waals surface area contributed by atoms with Crippen molar-refractivity contribution < 1.29 is 9.53 Å². The highest BCUT2D eigenvalue weighted by Crippen LogP contribution is 2.21. The van der Waals surface area contributed by atoms with Crippen LogP contribution < -0.4 is 0 Å². The highest BCUT2D eigenvalue weighted by atomic mass is 127. The minimum Gasteiger partial charge on any atom is -0.373 e. The Morgan fingerprint density at radius 3 is 3.11 bits per heavy atom. The Morgan fingerprint density at radius 1 is 1.61 bits per heavy atom. The van der Waals surface area contributed by atoms with E-state index in [0.717, 1.165) is 13.6 Å². The van der Waals surface area contributed by atoms with Crippen LogP contribution in [0, 0.1) is 3.57 Å². The van der Waals surface area contributed by atoms with Crippen molar-refractivity contribution in [1.82, 2.24) is 4.90 Å². The summed E-state index contributed by atoms with van der Waals surface area (Å²) in [6.07, 6.45) is -0.0609. The van der Waals surface area contributed by atoms with Crippen LogP contribution in [0.4, 0.5) is 0 Å². The Morgan fingerprint density at radius 2 is 2.39 bits per heavy atom. The zero-order valence-electron chi connectivity index (χ0n) is 9.54. The largest absolute Gasteiger partial charge is 0.373 e. The zero-order valence-corrected chi connectivity index (χ0v) is 14.0. The number of carbonyl (C=O) groups excluding carboxylic acids is 1. The molecular weight excluding hydrogens is 432 g/mol. The molecule has 1 aromatic rings. The second kappa shape index (κ2) is 6.54. The summed E-state index contributed by atoms with van der Waals surface area (Å²) < 4.78 is 7.32. The number of hydrogen-bond acceptors (Lipinski definition) is 2. The van der Waals surface area contributed by atoms with Crippen LogP contribution in [0.2, 0.25) is 0 Å². The maximum Gasteiger partial charge on any atom is 0.255 e. The lowest BCUT2D eigenvalue weighted by atomic mass is 10.2. The average Bonchev–Trinajstić information content (AvgIpc) is 2.41. The van der Waals surface area contributed by atoms with Crippen molar-refractivity contribution in [3.8, 4) is 0 Å². The minimum atomic E-state index is -0.0609. The fraction of sp³-hybridized carbons (Fsp3) is 0.417. The van der Waals surface area contributed by atoms with Gasteiger partial charge in [0.05, 0.1) is 24.2 Å². The van der Waals surface area contributed by atoms with Gasteiger partial charge >= 0.3 is 0 Å². The number of halogens is 3. The maximum atomic E-state index is 12.4. The molecule has 1 aliphatic rings. The number of benzene rings is 1. The molecule has 0 bridgehead atoms. The van der Waals surface area contributed by atoms with Crippen molar-refractivity contribution in [2.45, 2.75) is 6.10 Å². The van der Waals surface area contributed by atoms with E-state index in [9.17, 15) is 4.79 Å². The molecule has 1 fully saturated rings. The van der Waals surface area contributed by atoms with Gasteiger partial charge in [0.2, 0.25) is 0 Å². The van der Waals surface area contributed by atoms with Crippen LogP contribution in [0.1, 0.15) is 10.4 Å². The molecule has 1 aromatic carbocycles. The molecule has 0 aliphatic carbocycles. The van der Waals surface area contributed by atoms with Gasteiger partial charge in [0, 0.05) is 21.1 Å². The molecule has 1 aliphatic heterocycles. The summed E-state index contributed by atoms with van der Waals surface area (Å²) in [6.45, 7) is 1.73. The monoisotopic (exact) mass is 443 g/mol. The van der Waals surface area contributed by atoms with E-state index in [1.807, 2.05) is 18.2 Å². The molecule has 1 saturated heterocycles. The lowest BCUT2D eigenvalue weighted by molar-refractivity contribution is -0.0108. The van der Waals surface area contributed by atoms with Gasteiger partial charge in [0.25, 0.3) is 5.91 Å². The first-order chi connectivity index (χ1) is 8.61. The van der Waals surface area contributed by atoms with Crippen molar-refractivity contribution in [3.63, 3.8) is 0 Å². The molecule has 1 amide bonds. The third kappa shape index (κ3) is 3.37. The van der Waals surface area contributed by atoms with Crippen LogP contribution in [-0.4, -0.2) is 42.5 Å². The number of rotatable bonds is 2. The summed E-state index contributed by atoms with van der Waals surface area (Å²) in [5.74, 6) is 0.457. The molecule has 0 N–H and O–H groups in total. The maximum absolute atomic E-state index is 12.4. The van der Waals surface area contributed by atoms with Gasteiger partial charge in [-0.15, -0.1) is 11.6 Å². The molecule has 1 unspecified atom stereocenters. The van der Waals surface area contributed by atoms with Gasteiger partial charge in [-0.1, -0.05) is 15.9 Å². The zero-order chi connectivity index (χ0) is 13.1. The van der Waals surface area contributed by atoms with Crippen LogP contribution in [0.5, 0.6) is 0 Å². The van der Waals surface area contributed by atoms with E-state index in [1.54, 1.807) is 4.90 Å². The number of alkyl halides is 1. The molecule has 0 saturated carbocycles. The molecular formula is C12H12BrClINO2. The van der Waals surface area contributed by atoms with Crippen molar-refractivity contribution in [2.24, 2.45) is 0 Å². The fourth-order valence-electron chi connectivity index (χ4n) is 1.83. The Labute approximate surface area is 133 Å². The first-order valence-electron chi connectivity index (χ1n) is 5.53. The van der Waals surface area contributed by atoms with Crippen LogP contribution >= 0.6 is 50.1 Å². The third-order valence-electron chi connectivity index (χ3n) is 2.76. The Hall–Kier alpha value is 0.150. The lowest BCUT2D eigenvalue weighted by Crippen LogP contribution is -2.46. The van der Waals surface area contributed by atoms with Gasteiger partial charge in [0.1, 0.15) is 0 Å². The molecule has 2 rings (SSSR count). The molecule has 0 aromatic heterocycles. The van der Waals surface area contributed by atoms with Crippen molar-refractivity contribution >= 4 is 56.0 Å². The number of hydrogen-bond donors (Lipinski definition) is 0. The van der Waals surface area contributed by atoms with Crippen molar-refractivity contribution in [3.05, 3.63) is 31.8 Å². The Kier molecular flexibility index (Phi) is 5.29. The van der Waals surface area contributed by atoms with Gasteiger partial charge in [-0.05, 0) is 40.8 Å². The predicted octanol–water partition coefficient (Wildman–Crippen LogP) is 3.13. The van der Waals surface area contributed by atoms with Gasteiger partial charge in [-0.25, -0.2) is 0 Å². The SMILES string of the molecule is O=C(c1cc(Br)ccc1I)N1CCOC(CCl)C1. The van der Waals surface area contributed by atoms with Crippen molar-refractivity contribution in [1.29, 1.82) is 0 Å². The molecule has 6 heteroatoms. The molecule has 1 heterocycles. The predicted molar refractivity (Wildman–Crippen MR) is 83.2 cm³/mol. The molecule has 0 spiro atoms. The van der Waals surface area contributed by atoms with Gasteiger partial charge < -0.3 is 9.64 Å². The van der Waals surface area contributed by atoms with Crippen LogP contribution in [0.3, 0.4) is 0 Å². The summed E-state index contributed by atoms with van der Waals surface area (Å²) in [6, 6.07) is 5.71. The van der Waals surface area contributed by atoms with E-state index in [1.165, 1.54) is 0 Å². The summed E-state index contributed by atoms with van der Waals surface area (Å²) in [5.41, 5.74) is 0.722. The van der Waals surface area contributed by atoms with E-state index in [0.29, 0.717) is 25.6 Å². The summed E-state index contributed by atoms with van der Waals surface area (Å²) in [5, 5.41) is 0. The second-order valence-corrected chi connectivity index (χ2v) is 6.41. The molecule has 0 radical (unpaired) electrons. The first-order valence-corrected chi connectivity index (χ1v) is 7.94. The number of ether oxygens (including phenoxy) is 1. The Bertz CT molecular complexity index is 458. The standard InChI is InChI=1S/C12H12BrClINO2/c13-8-1-2-11(15)10(5-8)12(17)16-3-4-18-9(6-14)7-16/h1-2,5,9H,3-4,6-7H2. The van der Waals surface area contributed by atoms with Crippen LogP contribution in [-0.2, 0) is 4.74 Å². The smallest absolute Gasteiger partial charge is 0.255 e. The molecule has 1 atom stereocenters. The highest BCUT2D eigenvalue weighted by molar-refractivity contribution is 14.1. The van der Waals surface area contributed by atoms with E-state index >= 15 is 0 Å². The number of amides is 1. The van der Waals surface area contributed by atoms with Gasteiger partial charge in [0.15, 0.2) is 0 Å². The van der Waals surface area contributed by atoms with E-state index in [2.05, 4.69) is 38.5 Å². The summed E-state index contributed by atoms with van der Waals surface area (Å²) in [4.78, 5) is 14.2. The van der Waals surface area contributed by atoms with E-state index in [-0.39, 0.29) is 12.0 Å². The number of carbonyl (C=O) groups is 1. The average molecular weight is 444 g/mol. The molecule has 3 nitrogen and oxygen atoms in total. The molecule has 98 valence electrons. The summed E-state index contributed by atoms with van der Waals surface area (Å²) >= 11 is 11.4. The second-order valence-electron chi connectivity index (χ2n) is 4.02. The van der Waals surface area contributed by atoms with E-state index in [4.69, 9.17) is 16.3 Å². The van der Waals surface area contributed by atoms with Crippen molar-refractivity contribution in [2.75, 3.05) is 25.6 Å². The number of nitrogens with zero attached hydrogens (tertiary/aromatic N) is 1. The normalized spacial score (nSPS) is 19.9.